The van der Waals surface area contributed by atoms with Crippen molar-refractivity contribution in [2.24, 2.45) is 11.7 Å². The molecule has 1 aromatic heterocycles. The van der Waals surface area contributed by atoms with Crippen molar-refractivity contribution in [1.29, 1.82) is 0 Å². The minimum atomic E-state index is 0.542. The minimum absolute atomic E-state index is 0.542. The number of hydrogen-bond donors (Lipinski definition) is 1. The van der Waals surface area contributed by atoms with Crippen LogP contribution >= 0.6 is 0 Å². The van der Waals surface area contributed by atoms with Crippen LogP contribution < -0.4 is 5.73 Å². The van der Waals surface area contributed by atoms with Crippen LogP contribution in [0.25, 0.3) is 0 Å². The van der Waals surface area contributed by atoms with Crippen LogP contribution in [-0.4, -0.2) is 22.5 Å². The standard InChI is InChI=1S/C14H21N3/c15-8-13-7-12(5-6-16-13)10-17(14-3-4-14)9-11-1-2-11/h5-7,11,14H,1-4,8-10,15H2. The number of pyridine rings is 1. The molecule has 0 atom stereocenters. The average molecular weight is 231 g/mol. The zero-order valence-electron chi connectivity index (χ0n) is 10.3. The molecular formula is C14H21N3. The predicted molar refractivity (Wildman–Crippen MR) is 68.3 cm³/mol. The monoisotopic (exact) mass is 231 g/mol. The third-order valence-electron chi connectivity index (χ3n) is 3.73. The molecule has 92 valence electrons. The Bertz CT molecular complexity index is 383. The van der Waals surface area contributed by atoms with Gasteiger partial charge in [-0.25, -0.2) is 0 Å². The molecule has 0 radical (unpaired) electrons. The fraction of sp³-hybridized carbons (Fsp3) is 0.643. The highest BCUT2D eigenvalue weighted by atomic mass is 15.2. The SMILES string of the molecule is NCc1cc(CN(CC2CC2)C2CC2)ccn1. The van der Waals surface area contributed by atoms with Crippen molar-refractivity contribution >= 4 is 0 Å². The molecule has 17 heavy (non-hydrogen) atoms. The van der Waals surface area contributed by atoms with Crippen molar-refractivity contribution < 1.29 is 0 Å². The van der Waals surface area contributed by atoms with E-state index in [4.69, 9.17) is 5.73 Å². The maximum absolute atomic E-state index is 5.64. The molecule has 1 aromatic rings. The summed E-state index contributed by atoms with van der Waals surface area (Å²) in [4.78, 5) is 6.92. The van der Waals surface area contributed by atoms with E-state index in [-0.39, 0.29) is 0 Å². The topological polar surface area (TPSA) is 42.1 Å². The van der Waals surface area contributed by atoms with Gasteiger partial charge in [-0.2, -0.15) is 0 Å². The van der Waals surface area contributed by atoms with Gasteiger partial charge in [0.25, 0.3) is 0 Å². The maximum Gasteiger partial charge on any atom is 0.0542 e. The van der Waals surface area contributed by atoms with Gasteiger partial charge in [0.1, 0.15) is 0 Å². The summed E-state index contributed by atoms with van der Waals surface area (Å²) in [5, 5.41) is 0. The van der Waals surface area contributed by atoms with Crippen molar-refractivity contribution in [2.45, 2.75) is 44.8 Å². The molecular weight excluding hydrogens is 210 g/mol. The summed E-state index contributed by atoms with van der Waals surface area (Å²) < 4.78 is 0. The summed E-state index contributed by atoms with van der Waals surface area (Å²) in [6, 6.07) is 5.13. The smallest absolute Gasteiger partial charge is 0.0542 e. The Morgan fingerprint density at radius 1 is 1.29 bits per heavy atom. The lowest BCUT2D eigenvalue weighted by Crippen LogP contribution is -2.27. The largest absolute Gasteiger partial charge is 0.325 e. The zero-order valence-corrected chi connectivity index (χ0v) is 10.3. The van der Waals surface area contributed by atoms with Crippen LogP contribution in [0.1, 0.15) is 36.9 Å². The van der Waals surface area contributed by atoms with E-state index in [0.717, 1.165) is 24.2 Å². The molecule has 0 amide bonds. The molecule has 2 saturated carbocycles. The zero-order chi connectivity index (χ0) is 11.7. The molecule has 0 bridgehead atoms. The quantitative estimate of drug-likeness (QED) is 0.813. The van der Waals surface area contributed by atoms with E-state index >= 15 is 0 Å². The van der Waals surface area contributed by atoms with Gasteiger partial charge < -0.3 is 5.73 Å². The van der Waals surface area contributed by atoms with E-state index in [0.29, 0.717) is 6.54 Å². The van der Waals surface area contributed by atoms with E-state index in [9.17, 15) is 0 Å². The summed E-state index contributed by atoms with van der Waals surface area (Å²) >= 11 is 0. The molecule has 3 rings (SSSR count). The highest BCUT2D eigenvalue weighted by molar-refractivity contribution is 5.16. The highest BCUT2D eigenvalue weighted by Gasteiger charge is 2.33. The van der Waals surface area contributed by atoms with E-state index in [1.165, 1.54) is 37.8 Å². The second-order valence-electron chi connectivity index (χ2n) is 5.46. The second-order valence-corrected chi connectivity index (χ2v) is 5.46. The molecule has 3 heteroatoms. The van der Waals surface area contributed by atoms with Crippen LogP contribution in [0.5, 0.6) is 0 Å². The lowest BCUT2D eigenvalue weighted by atomic mass is 10.2. The van der Waals surface area contributed by atoms with Crippen molar-refractivity contribution in [1.82, 2.24) is 9.88 Å². The molecule has 0 saturated heterocycles. The van der Waals surface area contributed by atoms with Gasteiger partial charge in [-0.05, 0) is 49.3 Å². The molecule has 2 aliphatic rings. The third kappa shape index (κ3) is 3.05. The molecule has 3 nitrogen and oxygen atoms in total. The lowest BCUT2D eigenvalue weighted by molar-refractivity contribution is 0.244. The first-order chi connectivity index (χ1) is 8.35. The summed E-state index contributed by atoms with van der Waals surface area (Å²) in [5.41, 5.74) is 8.01. The fourth-order valence-electron chi connectivity index (χ4n) is 2.39. The van der Waals surface area contributed by atoms with Crippen LogP contribution in [0.2, 0.25) is 0 Å². The Balaban J connectivity index is 1.65. The van der Waals surface area contributed by atoms with Gasteiger partial charge in [0, 0.05) is 31.9 Å². The van der Waals surface area contributed by atoms with Gasteiger partial charge in [-0.15, -0.1) is 0 Å². The Kier molecular flexibility index (Phi) is 3.12. The van der Waals surface area contributed by atoms with Crippen LogP contribution in [0.3, 0.4) is 0 Å². The Morgan fingerprint density at radius 3 is 2.76 bits per heavy atom. The van der Waals surface area contributed by atoms with Crippen LogP contribution in [0.4, 0.5) is 0 Å². The molecule has 0 aliphatic heterocycles. The van der Waals surface area contributed by atoms with Crippen LogP contribution in [0.15, 0.2) is 18.3 Å². The first-order valence-corrected chi connectivity index (χ1v) is 6.73. The Labute approximate surface area is 103 Å². The fourth-order valence-corrected chi connectivity index (χ4v) is 2.39. The number of rotatable bonds is 6. The van der Waals surface area contributed by atoms with Gasteiger partial charge in [0.05, 0.1) is 5.69 Å². The van der Waals surface area contributed by atoms with E-state index in [1.54, 1.807) is 0 Å². The number of nitrogens with zero attached hydrogens (tertiary/aromatic N) is 2. The summed E-state index contributed by atoms with van der Waals surface area (Å²) in [6.45, 7) is 2.92. The first kappa shape index (κ1) is 11.2. The third-order valence-corrected chi connectivity index (χ3v) is 3.73. The minimum Gasteiger partial charge on any atom is -0.325 e. The van der Waals surface area contributed by atoms with Crippen molar-refractivity contribution in [2.75, 3.05) is 6.54 Å². The molecule has 1 heterocycles. The lowest BCUT2D eigenvalue weighted by Gasteiger charge is -2.22. The van der Waals surface area contributed by atoms with Gasteiger partial charge in [-0.1, -0.05) is 0 Å². The second kappa shape index (κ2) is 4.75. The highest BCUT2D eigenvalue weighted by Crippen LogP contribution is 2.35. The van der Waals surface area contributed by atoms with Gasteiger partial charge in [-0.3, -0.25) is 9.88 Å². The predicted octanol–water partition coefficient (Wildman–Crippen LogP) is 1.91. The van der Waals surface area contributed by atoms with Gasteiger partial charge in [0.2, 0.25) is 0 Å². The van der Waals surface area contributed by atoms with Crippen molar-refractivity contribution in [3.63, 3.8) is 0 Å². The average Bonchev–Trinajstić information content (AvgIpc) is 3.21. The van der Waals surface area contributed by atoms with Crippen LogP contribution in [-0.2, 0) is 13.1 Å². The van der Waals surface area contributed by atoms with E-state index in [1.807, 2.05) is 6.20 Å². The van der Waals surface area contributed by atoms with Crippen molar-refractivity contribution in [3.05, 3.63) is 29.6 Å². The number of nitrogens with two attached hydrogens (primary N) is 1. The van der Waals surface area contributed by atoms with Crippen LogP contribution in [0, 0.1) is 5.92 Å². The van der Waals surface area contributed by atoms with Gasteiger partial charge in [0.15, 0.2) is 0 Å². The molecule has 2 aliphatic carbocycles. The number of hydrogen-bond acceptors (Lipinski definition) is 3. The van der Waals surface area contributed by atoms with Gasteiger partial charge >= 0.3 is 0 Å². The molecule has 0 aromatic carbocycles. The van der Waals surface area contributed by atoms with E-state index in [2.05, 4.69) is 22.0 Å². The summed E-state index contributed by atoms with van der Waals surface area (Å²) in [5.74, 6) is 0.978. The Hall–Kier alpha value is -0.930. The summed E-state index contributed by atoms with van der Waals surface area (Å²) in [6.07, 6.45) is 7.55. The number of aromatic nitrogens is 1. The molecule has 2 N–H and O–H groups in total. The van der Waals surface area contributed by atoms with E-state index < -0.39 is 0 Å². The maximum atomic E-state index is 5.64. The molecule has 0 unspecified atom stereocenters. The van der Waals surface area contributed by atoms with Crippen molar-refractivity contribution in [3.8, 4) is 0 Å². The molecule has 0 spiro atoms. The first-order valence-electron chi connectivity index (χ1n) is 6.73. The Morgan fingerprint density at radius 2 is 2.12 bits per heavy atom. The summed E-state index contributed by atoms with van der Waals surface area (Å²) in [7, 11) is 0. The molecule has 2 fully saturated rings. The normalized spacial score (nSPS) is 19.9.